The van der Waals surface area contributed by atoms with Gasteiger partial charge < -0.3 is 5.73 Å². The topological polar surface area (TPSA) is 38.9 Å². The van der Waals surface area contributed by atoms with Gasteiger partial charge in [0.1, 0.15) is 0 Å². The van der Waals surface area contributed by atoms with E-state index in [0.717, 1.165) is 5.75 Å². The fraction of sp³-hybridized carbons (Fsp3) is 0.583. The number of nitrogens with two attached hydrogens (primary N) is 1. The first-order valence-electron chi connectivity index (χ1n) is 5.27. The summed E-state index contributed by atoms with van der Waals surface area (Å²) in [5, 5.41) is 0. The summed E-state index contributed by atoms with van der Waals surface area (Å²) in [5.74, 6) is 1.38. The third-order valence-corrected chi connectivity index (χ3v) is 3.49. The maximum absolute atomic E-state index is 5.97. The second-order valence-electron chi connectivity index (χ2n) is 4.82. The van der Waals surface area contributed by atoms with Crippen LogP contribution >= 0.6 is 11.8 Å². The molecule has 0 amide bonds. The van der Waals surface area contributed by atoms with Crippen LogP contribution in [0, 0.1) is 0 Å². The Morgan fingerprint density at radius 1 is 1.47 bits per heavy atom. The van der Waals surface area contributed by atoms with Crippen LogP contribution in [0.4, 0.5) is 0 Å². The first kappa shape index (κ1) is 12.5. The fourth-order valence-electron chi connectivity index (χ4n) is 1.22. The van der Waals surface area contributed by atoms with Crippen LogP contribution in [0.15, 0.2) is 23.2 Å². The number of aromatic nitrogens is 1. The molecule has 84 valence electrons. The van der Waals surface area contributed by atoms with Gasteiger partial charge in [-0.25, -0.2) is 0 Å². The highest BCUT2D eigenvalue weighted by Crippen LogP contribution is 2.28. The predicted octanol–water partition coefficient (Wildman–Crippen LogP) is 3.03. The van der Waals surface area contributed by atoms with Gasteiger partial charge >= 0.3 is 0 Å². The average molecular weight is 224 g/mol. The molecule has 0 aromatic carbocycles. The van der Waals surface area contributed by atoms with Crippen molar-refractivity contribution in [2.45, 2.75) is 44.0 Å². The summed E-state index contributed by atoms with van der Waals surface area (Å²) in [5.41, 5.74) is 7.01. The van der Waals surface area contributed by atoms with Crippen molar-refractivity contribution >= 4 is 11.8 Å². The minimum absolute atomic E-state index is 0.130. The summed E-state index contributed by atoms with van der Waals surface area (Å²) >= 11 is 1.79. The van der Waals surface area contributed by atoms with Gasteiger partial charge in [-0.3, -0.25) is 4.98 Å². The van der Waals surface area contributed by atoms with Crippen molar-refractivity contribution in [1.29, 1.82) is 0 Å². The smallest absolute Gasteiger partial charge is 0.0564 e. The Balaban J connectivity index is 2.76. The summed E-state index contributed by atoms with van der Waals surface area (Å²) in [6.45, 7) is 8.43. The zero-order valence-electron chi connectivity index (χ0n) is 9.95. The lowest BCUT2D eigenvalue weighted by Gasteiger charge is -2.19. The van der Waals surface area contributed by atoms with E-state index in [1.54, 1.807) is 11.8 Å². The number of rotatable bonds is 4. The van der Waals surface area contributed by atoms with E-state index < -0.39 is 0 Å². The van der Waals surface area contributed by atoms with Gasteiger partial charge in [-0.2, -0.15) is 0 Å². The summed E-state index contributed by atoms with van der Waals surface area (Å²) in [4.78, 5) is 5.67. The number of nitrogens with zero attached hydrogens (tertiary/aromatic N) is 1. The molecule has 2 nitrogen and oxygen atoms in total. The lowest BCUT2D eigenvalue weighted by Crippen LogP contribution is -2.34. The molecule has 0 saturated carbocycles. The molecule has 0 aliphatic heterocycles. The number of hydrogen-bond donors (Lipinski definition) is 1. The SMILES string of the molecule is CC(C)c1ncccc1SCC(C)(C)N. The minimum Gasteiger partial charge on any atom is -0.325 e. The van der Waals surface area contributed by atoms with Crippen molar-refractivity contribution in [3.63, 3.8) is 0 Å². The normalized spacial score (nSPS) is 12.1. The molecule has 0 radical (unpaired) electrons. The monoisotopic (exact) mass is 224 g/mol. The Kier molecular flexibility index (Phi) is 4.17. The van der Waals surface area contributed by atoms with Crippen molar-refractivity contribution < 1.29 is 0 Å². The molecule has 0 spiro atoms. The fourth-order valence-corrected chi connectivity index (χ4v) is 2.36. The highest BCUT2D eigenvalue weighted by Gasteiger charge is 2.14. The third kappa shape index (κ3) is 4.22. The maximum Gasteiger partial charge on any atom is 0.0564 e. The lowest BCUT2D eigenvalue weighted by molar-refractivity contribution is 0.591. The molecule has 0 atom stereocenters. The molecule has 0 fully saturated rings. The Labute approximate surface area is 96.7 Å². The van der Waals surface area contributed by atoms with Crippen molar-refractivity contribution in [1.82, 2.24) is 4.98 Å². The van der Waals surface area contributed by atoms with Crippen LogP contribution < -0.4 is 5.73 Å². The second-order valence-corrected chi connectivity index (χ2v) is 5.84. The van der Waals surface area contributed by atoms with Crippen molar-refractivity contribution in [3.05, 3.63) is 24.0 Å². The molecule has 0 saturated heterocycles. The van der Waals surface area contributed by atoms with Crippen molar-refractivity contribution in [3.8, 4) is 0 Å². The van der Waals surface area contributed by atoms with Gasteiger partial charge in [0.05, 0.1) is 5.69 Å². The highest BCUT2D eigenvalue weighted by atomic mass is 32.2. The minimum atomic E-state index is -0.130. The standard InChI is InChI=1S/C12H20N2S/c1-9(2)11-10(6-5-7-14-11)15-8-12(3,4)13/h5-7,9H,8,13H2,1-4H3. The van der Waals surface area contributed by atoms with Gasteiger partial charge in [-0.1, -0.05) is 13.8 Å². The Morgan fingerprint density at radius 3 is 2.67 bits per heavy atom. The second kappa shape index (κ2) is 4.99. The Morgan fingerprint density at radius 2 is 2.13 bits per heavy atom. The summed E-state index contributed by atoms with van der Waals surface area (Å²) in [7, 11) is 0. The molecular weight excluding hydrogens is 204 g/mol. The van der Waals surface area contributed by atoms with Crippen LogP contribution in [-0.2, 0) is 0 Å². The molecule has 1 aromatic heterocycles. The van der Waals surface area contributed by atoms with E-state index in [1.165, 1.54) is 10.6 Å². The van der Waals surface area contributed by atoms with Crippen molar-refractivity contribution in [2.24, 2.45) is 5.73 Å². The van der Waals surface area contributed by atoms with E-state index in [2.05, 4.69) is 24.9 Å². The van der Waals surface area contributed by atoms with E-state index in [0.29, 0.717) is 5.92 Å². The molecule has 3 heteroatoms. The zero-order valence-corrected chi connectivity index (χ0v) is 10.8. The molecule has 1 rings (SSSR count). The molecule has 15 heavy (non-hydrogen) atoms. The van der Waals surface area contributed by atoms with E-state index in [1.807, 2.05) is 26.1 Å². The van der Waals surface area contributed by atoms with E-state index in [9.17, 15) is 0 Å². The molecule has 1 heterocycles. The Bertz CT molecular complexity index is 316. The van der Waals surface area contributed by atoms with Crippen LogP contribution in [0.1, 0.15) is 39.3 Å². The van der Waals surface area contributed by atoms with E-state index in [4.69, 9.17) is 5.73 Å². The van der Waals surface area contributed by atoms with Crippen molar-refractivity contribution in [2.75, 3.05) is 5.75 Å². The molecular formula is C12H20N2S. The first-order chi connectivity index (χ1) is 6.90. The van der Waals surface area contributed by atoms with E-state index in [-0.39, 0.29) is 5.54 Å². The summed E-state index contributed by atoms with van der Waals surface area (Å²) < 4.78 is 0. The zero-order chi connectivity index (χ0) is 11.5. The number of thioether (sulfide) groups is 1. The van der Waals surface area contributed by atoms with Crippen LogP contribution in [-0.4, -0.2) is 16.3 Å². The molecule has 2 N–H and O–H groups in total. The van der Waals surface area contributed by atoms with Gasteiger partial charge in [0.2, 0.25) is 0 Å². The van der Waals surface area contributed by atoms with Crippen LogP contribution in [0.5, 0.6) is 0 Å². The predicted molar refractivity (Wildman–Crippen MR) is 67.3 cm³/mol. The molecule has 0 aliphatic carbocycles. The quantitative estimate of drug-likeness (QED) is 0.799. The number of pyridine rings is 1. The lowest BCUT2D eigenvalue weighted by atomic mass is 10.1. The summed E-state index contributed by atoms with van der Waals surface area (Å²) in [6.07, 6.45) is 1.85. The van der Waals surface area contributed by atoms with Gasteiger partial charge in [-0.05, 0) is 31.9 Å². The molecule has 1 aromatic rings. The molecule has 0 bridgehead atoms. The van der Waals surface area contributed by atoms with Crippen LogP contribution in [0.2, 0.25) is 0 Å². The first-order valence-corrected chi connectivity index (χ1v) is 6.25. The highest BCUT2D eigenvalue weighted by molar-refractivity contribution is 7.99. The van der Waals surface area contributed by atoms with Crippen LogP contribution in [0.3, 0.4) is 0 Å². The van der Waals surface area contributed by atoms with Crippen LogP contribution in [0.25, 0.3) is 0 Å². The average Bonchev–Trinajstić information content (AvgIpc) is 2.14. The van der Waals surface area contributed by atoms with Gasteiger partial charge in [0.25, 0.3) is 0 Å². The largest absolute Gasteiger partial charge is 0.325 e. The maximum atomic E-state index is 5.97. The molecule has 0 unspecified atom stereocenters. The summed E-state index contributed by atoms with van der Waals surface area (Å²) in [6, 6.07) is 4.11. The van der Waals surface area contributed by atoms with Gasteiger partial charge in [0, 0.05) is 22.4 Å². The Hall–Kier alpha value is -0.540. The third-order valence-electron chi connectivity index (χ3n) is 1.95. The van der Waals surface area contributed by atoms with Gasteiger partial charge in [-0.15, -0.1) is 11.8 Å². The van der Waals surface area contributed by atoms with Gasteiger partial charge in [0.15, 0.2) is 0 Å². The number of hydrogen-bond acceptors (Lipinski definition) is 3. The van der Waals surface area contributed by atoms with E-state index >= 15 is 0 Å². The molecule has 0 aliphatic rings.